The van der Waals surface area contributed by atoms with Gasteiger partial charge in [0.05, 0.1) is 44.9 Å². The fourth-order valence-corrected chi connectivity index (χ4v) is 10.8. The quantitative estimate of drug-likeness (QED) is 0.0220. The van der Waals surface area contributed by atoms with Crippen LogP contribution in [0.5, 0.6) is 11.8 Å². The number of aromatic nitrogens is 7. The zero-order valence-electron chi connectivity index (χ0n) is 43.2. The van der Waals surface area contributed by atoms with Crippen molar-refractivity contribution in [3.63, 3.8) is 0 Å². The maximum Gasteiger partial charge on any atom is 0.475 e. The molecule has 7 heterocycles. The van der Waals surface area contributed by atoms with Crippen molar-refractivity contribution in [2.45, 2.75) is 164 Å². The molecular formula is C51H72N11O13P. The minimum atomic E-state index is -4.96. The summed E-state index contributed by atoms with van der Waals surface area (Å²) in [5, 5.41) is 74.9. The van der Waals surface area contributed by atoms with Gasteiger partial charge in [-0.1, -0.05) is 109 Å². The average molecular weight is 1080 g/mol. The highest BCUT2D eigenvalue weighted by Crippen LogP contribution is 2.52. The molecular weight excluding hydrogens is 1010 g/mol. The number of phosphoric ester groups is 1. The summed E-state index contributed by atoms with van der Waals surface area (Å²) in [6, 6.07) is 14.6. The molecule has 5 aromatic heterocycles. The second-order valence-corrected chi connectivity index (χ2v) is 20.8. The highest BCUT2D eigenvalue weighted by atomic mass is 31.2. The highest BCUT2D eigenvalue weighted by molar-refractivity contribution is 7.48. The van der Waals surface area contributed by atoms with Gasteiger partial charge in [-0.3, -0.25) is 13.6 Å². The molecule has 25 heteroatoms. The molecule has 24 nitrogen and oxygen atoms in total. The number of hydrogen-bond donors (Lipinski definition) is 6. The minimum absolute atomic E-state index is 0.00591. The minimum Gasteiger partial charge on any atom is -0.481 e. The number of nitrogen functional groups attached to an aromatic ring is 2. The molecule has 2 aliphatic rings. The number of unbranched alkanes of at least 4 members (excludes halogenated alkanes) is 15. The van der Waals surface area contributed by atoms with Crippen LogP contribution in [0.1, 0.15) is 121 Å². The van der Waals surface area contributed by atoms with Gasteiger partial charge < -0.3 is 55.6 Å². The molecule has 0 aromatic carbocycles. The van der Waals surface area contributed by atoms with Crippen molar-refractivity contribution >= 4 is 30.5 Å². The van der Waals surface area contributed by atoms with E-state index in [0.717, 1.165) is 38.3 Å². The summed E-state index contributed by atoms with van der Waals surface area (Å²) in [7, 11) is -3.51. The molecule has 0 aliphatic carbocycles. The first-order chi connectivity index (χ1) is 36.8. The normalized spacial score (nSPS) is 24.0. The molecule has 0 saturated carbocycles. The van der Waals surface area contributed by atoms with Gasteiger partial charge in [-0.25, -0.2) is 23.6 Å². The summed E-state index contributed by atoms with van der Waals surface area (Å²) >= 11 is 0. The molecule has 414 valence electrons. The number of hydrogen-bond acceptors (Lipinski definition) is 22. The zero-order valence-corrected chi connectivity index (χ0v) is 44.1. The van der Waals surface area contributed by atoms with Crippen LogP contribution in [0, 0.1) is 22.7 Å². The Hall–Kier alpha value is -5.60. The van der Waals surface area contributed by atoms with Gasteiger partial charge in [0.25, 0.3) is 0 Å². The van der Waals surface area contributed by atoms with Gasteiger partial charge in [0, 0.05) is 18.7 Å². The third-order valence-corrected chi connectivity index (χ3v) is 15.2. The molecule has 0 unspecified atom stereocenters. The number of pyridine rings is 1. The summed E-state index contributed by atoms with van der Waals surface area (Å²) in [6.45, 7) is 0.416. The first-order valence-electron chi connectivity index (χ1n) is 26.2. The van der Waals surface area contributed by atoms with Crippen molar-refractivity contribution < 1.29 is 62.2 Å². The molecule has 2 fully saturated rings. The van der Waals surface area contributed by atoms with Gasteiger partial charge in [0.15, 0.2) is 11.6 Å². The van der Waals surface area contributed by atoms with Crippen molar-refractivity contribution in [2.24, 2.45) is 0 Å². The Labute approximate surface area is 441 Å². The van der Waals surface area contributed by atoms with E-state index >= 15 is 0 Å². The lowest BCUT2D eigenvalue weighted by Crippen LogP contribution is -2.41. The number of phosphoric acid groups is 1. The predicted octanol–water partition coefficient (Wildman–Crippen LogP) is 5.60. The first kappa shape index (κ1) is 58.1. The summed E-state index contributed by atoms with van der Waals surface area (Å²) in [6.07, 6.45) is 10.4. The second kappa shape index (κ2) is 27.6. The van der Waals surface area contributed by atoms with E-state index < -0.39 is 81.6 Å². The van der Waals surface area contributed by atoms with Crippen molar-refractivity contribution in [2.75, 3.05) is 51.6 Å². The number of methoxy groups -OCH3 is 1. The molecule has 0 radical (unpaired) electrons. The molecule has 2 aliphatic heterocycles. The maximum atomic E-state index is 14.9. The Bertz CT molecular complexity index is 2630. The van der Waals surface area contributed by atoms with Crippen LogP contribution >= 0.6 is 7.82 Å². The van der Waals surface area contributed by atoms with Crippen molar-refractivity contribution in [1.29, 1.82) is 10.5 Å². The molecule has 2 saturated heterocycles. The van der Waals surface area contributed by atoms with Gasteiger partial charge in [-0.2, -0.15) is 25.7 Å². The fourth-order valence-electron chi connectivity index (χ4n) is 9.55. The summed E-state index contributed by atoms with van der Waals surface area (Å²) < 4.78 is 64.7. The molecule has 5 aromatic rings. The first-order valence-corrected chi connectivity index (χ1v) is 27.7. The third-order valence-electron chi connectivity index (χ3n) is 13.8. The maximum absolute atomic E-state index is 14.9. The van der Waals surface area contributed by atoms with Crippen LogP contribution in [-0.2, 0) is 43.5 Å². The lowest BCUT2D eigenvalue weighted by molar-refractivity contribution is -0.0757. The van der Waals surface area contributed by atoms with Crippen molar-refractivity contribution in [1.82, 2.24) is 34.2 Å². The molecule has 76 heavy (non-hydrogen) atoms. The summed E-state index contributed by atoms with van der Waals surface area (Å²) in [4.78, 5) is 12.2. The van der Waals surface area contributed by atoms with Gasteiger partial charge in [-0.15, -0.1) is 0 Å². The standard InChI is InChI=1S/C51H72N11O13P/c1-3-4-5-6-7-8-9-10-11-12-13-14-15-16-17-18-26-69-27-35(73-43-21-19-20-42(60-43)68-2)28-70-76(67,71-29-38-44(63)46(65)50(31-52,74-38)40-24-22-36-48(54)56-33-58-61(36)40)72-30-39-45(64)47(66)51(32-53,75-39)41-25-23-37-49(55)57-34-59-62(37)41/h19-25,33-35,38-39,44-47,63-66H,3-18,26-30H2,1-2H3,(H2,54,56,58)(H2,55,57,59)/t35-,38-,39-,44-,45-,46-,47-,50+,51+/m1/s1. The number of aliphatic hydroxyl groups excluding tert-OH is 4. The molecule has 7 rings (SSSR count). The van der Waals surface area contributed by atoms with Gasteiger partial charge in [-0.05, 0) is 30.7 Å². The highest BCUT2D eigenvalue weighted by Gasteiger charge is 2.59. The number of nitrogens with zero attached hydrogens (tertiary/aromatic N) is 9. The van der Waals surface area contributed by atoms with E-state index in [2.05, 4.69) is 32.1 Å². The van der Waals surface area contributed by atoms with Crippen LogP contribution in [0.15, 0.2) is 55.1 Å². The Balaban J connectivity index is 1.01. The second-order valence-electron chi connectivity index (χ2n) is 19.2. The number of ether oxygens (including phenoxy) is 5. The summed E-state index contributed by atoms with van der Waals surface area (Å²) in [5.41, 5.74) is 8.16. The van der Waals surface area contributed by atoms with E-state index in [0.29, 0.717) is 17.6 Å². The Morgan fingerprint density at radius 2 is 1.13 bits per heavy atom. The lowest BCUT2D eigenvalue weighted by atomic mass is 9.92. The smallest absolute Gasteiger partial charge is 0.475 e. The Kier molecular flexibility index (Phi) is 21.1. The number of nitrogens with two attached hydrogens (primary N) is 2. The van der Waals surface area contributed by atoms with Crippen LogP contribution in [0.2, 0.25) is 0 Å². The number of fused-ring (bicyclic) bond motifs is 2. The molecule has 0 amide bonds. The SMILES string of the molecule is CCCCCCCCCCCCCCCCCCOC[C@H](COP(=O)(OC[C@H]1O[C@@](C#N)(c2ccc3c(N)ncnn23)[C@H](O)[C@@H]1O)OC[C@H]1O[C@@](C#N)(c2ccc3c(N)ncnn23)[C@H](O)[C@@H]1O)Oc1cccc(OC)n1. The monoisotopic (exact) mass is 1080 g/mol. The van der Waals surface area contributed by atoms with Crippen molar-refractivity contribution in [3.8, 4) is 23.9 Å². The Morgan fingerprint density at radius 1 is 0.671 bits per heavy atom. The van der Waals surface area contributed by atoms with E-state index in [1.807, 2.05) is 12.1 Å². The van der Waals surface area contributed by atoms with Crippen LogP contribution in [0.4, 0.5) is 11.6 Å². The van der Waals surface area contributed by atoms with Crippen LogP contribution in [-0.4, -0.2) is 137 Å². The lowest BCUT2D eigenvalue weighted by Gasteiger charge is -2.26. The van der Waals surface area contributed by atoms with E-state index in [4.69, 9.17) is 48.7 Å². The number of anilines is 2. The van der Waals surface area contributed by atoms with Gasteiger partial charge >= 0.3 is 7.82 Å². The predicted molar refractivity (Wildman–Crippen MR) is 274 cm³/mol. The van der Waals surface area contributed by atoms with Crippen molar-refractivity contribution in [3.05, 3.63) is 66.5 Å². The van der Waals surface area contributed by atoms with Gasteiger partial charge in [0.2, 0.25) is 23.0 Å². The van der Waals surface area contributed by atoms with E-state index in [9.17, 15) is 35.5 Å². The topological polar surface area (TPSA) is 345 Å². The van der Waals surface area contributed by atoms with E-state index in [1.54, 1.807) is 18.2 Å². The largest absolute Gasteiger partial charge is 0.481 e. The molecule has 0 spiro atoms. The fraction of sp³-hybridized carbons (Fsp3) is 0.627. The molecule has 9 atom stereocenters. The van der Waals surface area contributed by atoms with Crippen LogP contribution in [0.3, 0.4) is 0 Å². The third kappa shape index (κ3) is 13.7. The van der Waals surface area contributed by atoms with Crippen LogP contribution < -0.4 is 20.9 Å². The zero-order chi connectivity index (χ0) is 54.1. The van der Waals surface area contributed by atoms with E-state index in [1.165, 1.54) is 117 Å². The van der Waals surface area contributed by atoms with E-state index in [-0.39, 0.29) is 41.4 Å². The van der Waals surface area contributed by atoms with Crippen LogP contribution in [0.25, 0.3) is 11.0 Å². The molecule has 8 N–H and O–H groups in total. The summed E-state index contributed by atoms with van der Waals surface area (Å²) in [5.74, 6) is 0.528. The number of nitriles is 2. The Morgan fingerprint density at radius 3 is 1.59 bits per heavy atom. The number of rotatable bonds is 33. The van der Waals surface area contributed by atoms with Gasteiger partial charge in [0.1, 0.15) is 78.6 Å². The molecule has 0 bridgehead atoms. The average Bonchev–Trinajstić information content (AvgIpc) is 4.23. The number of aliphatic hydroxyl groups is 4.